The summed E-state index contributed by atoms with van der Waals surface area (Å²) in [5.41, 5.74) is 1.94. The summed E-state index contributed by atoms with van der Waals surface area (Å²) in [6, 6.07) is 2.23. The fourth-order valence-corrected chi connectivity index (χ4v) is 5.20. The van der Waals surface area contributed by atoms with Gasteiger partial charge >= 0.3 is 0 Å². The van der Waals surface area contributed by atoms with Crippen LogP contribution in [0.5, 0.6) is 0 Å². The number of thiophene rings is 1. The van der Waals surface area contributed by atoms with Crippen molar-refractivity contribution in [3.8, 4) is 0 Å². The molecule has 1 fully saturated rings. The maximum absolute atomic E-state index is 13.2. The number of pyridine rings is 1. The van der Waals surface area contributed by atoms with Gasteiger partial charge in [-0.3, -0.25) is 9.36 Å². The van der Waals surface area contributed by atoms with Crippen LogP contribution in [-0.4, -0.2) is 41.3 Å². The molecule has 27 heavy (non-hydrogen) atoms. The van der Waals surface area contributed by atoms with E-state index < -0.39 is 0 Å². The Kier molecular flexibility index (Phi) is 5.14. The number of aromatic nitrogens is 3. The van der Waals surface area contributed by atoms with Gasteiger partial charge in [-0.1, -0.05) is 6.92 Å². The molecule has 144 valence electrons. The standard InChI is InChI=1S/C20H26N4O2S/c1-4-11-23(2)15-9-10-21-19-16(15)17-18(27-19)20(25)24(12-22-17)13-5-7-14(26-3)8-6-13/h9-10,12-14H,4-8,11H2,1-3H3. The fourth-order valence-electron chi connectivity index (χ4n) is 4.14. The Bertz CT molecular complexity index is 1000. The smallest absolute Gasteiger partial charge is 0.271 e. The SMILES string of the molecule is CCCN(C)c1ccnc2sc3c(=O)n(C4CCC(OC)CC4)cnc3c12. The monoisotopic (exact) mass is 386 g/mol. The highest BCUT2D eigenvalue weighted by molar-refractivity contribution is 7.25. The molecule has 0 unspecified atom stereocenters. The quantitative estimate of drug-likeness (QED) is 0.664. The number of hydrogen-bond acceptors (Lipinski definition) is 6. The second kappa shape index (κ2) is 7.56. The second-order valence-electron chi connectivity index (χ2n) is 7.33. The lowest BCUT2D eigenvalue weighted by Crippen LogP contribution is -2.29. The number of fused-ring (bicyclic) bond motifs is 3. The number of anilines is 1. The topological polar surface area (TPSA) is 60.2 Å². The third-order valence-electron chi connectivity index (χ3n) is 5.63. The van der Waals surface area contributed by atoms with Gasteiger partial charge in [-0.05, 0) is 38.2 Å². The van der Waals surface area contributed by atoms with Crippen LogP contribution in [0.1, 0.15) is 45.1 Å². The zero-order chi connectivity index (χ0) is 19.0. The van der Waals surface area contributed by atoms with Crippen LogP contribution < -0.4 is 10.5 Å². The molecule has 0 amide bonds. The van der Waals surface area contributed by atoms with Gasteiger partial charge < -0.3 is 9.64 Å². The first-order valence-electron chi connectivity index (χ1n) is 9.66. The normalized spacial score (nSPS) is 20.4. The minimum atomic E-state index is 0.0629. The van der Waals surface area contributed by atoms with Gasteiger partial charge in [0.2, 0.25) is 0 Å². The molecule has 3 heterocycles. The summed E-state index contributed by atoms with van der Waals surface area (Å²) in [6.45, 7) is 3.12. The van der Waals surface area contributed by atoms with Crippen LogP contribution in [0.3, 0.4) is 0 Å². The number of nitrogens with zero attached hydrogens (tertiary/aromatic N) is 4. The zero-order valence-electron chi connectivity index (χ0n) is 16.1. The molecular weight excluding hydrogens is 360 g/mol. The Labute approximate surface area is 162 Å². The summed E-state index contributed by atoms with van der Waals surface area (Å²) in [7, 11) is 3.85. The Hall–Kier alpha value is -1.99. The maximum atomic E-state index is 13.2. The molecule has 3 aromatic rings. The maximum Gasteiger partial charge on any atom is 0.271 e. The molecule has 3 aromatic heterocycles. The molecule has 6 nitrogen and oxygen atoms in total. The van der Waals surface area contributed by atoms with Crippen LogP contribution in [0.15, 0.2) is 23.4 Å². The average molecular weight is 387 g/mol. The summed E-state index contributed by atoms with van der Waals surface area (Å²) < 4.78 is 8.00. The van der Waals surface area contributed by atoms with Crippen molar-refractivity contribution in [2.45, 2.75) is 51.2 Å². The predicted octanol–water partition coefficient (Wildman–Crippen LogP) is 3.98. The second-order valence-corrected chi connectivity index (χ2v) is 8.33. The highest BCUT2D eigenvalue weighted by atomic mass is 32.1. The Morgan fingerprint density at radius 1 is 1.30 bits per heavy atom. The molecule has 1 aliphatic rings. The van der Waals surface area contributed by atoms with E-state index in [-0.39, 0.29) is 11.6 Å². The summed E-state index contributed by atoms with van der Waals surface area (Å²) in [6.07, 6.45) is 8.84. The molecule has 7 heteroatoms. The van der Waals surface area contributed by atoms with Crippen molar-refractivity contribution in [3.63, 3.8) is 0 Å². The Balaban J connectivity index is 1.79. The van der Waals surface area contributed by atoms with Crippen LogP contribution in [-0.2, 0) is 4.74 Å². The van der Waals surface area contributed by atoms with Crippen molar-refractivity contribution in [1.82, 2.24) is 14.5 Å². The van der Waals surface area contributed by atoms with E-state index in [2.05, 4.69) is 23.9 Å². The van der Waals surface area contributed by atoms with E-state index in [9.17, 15) is 4.79 Å². The third-order valence-corrected chi connectivity index (χ3v) is 6.70. The van der Waals surface area contributed by atoms with Crippen molar-refractivity contribution in [2.75, 3.05) is 25.6 Å². The molecule has 1 saturated carbocycles. The number of hydrogen-bond donors (Lipinski definition) is 0. The molecule has 0 aromatic carbocycles. The van der Waals surface area contributed by atoms with Crippen LogP contribution in [0, 0.1) is 0 Å². The molecule has 0 N–H and O–H groups in total. The van der Waals surface area contributed by atoms with Gasteiger partial charge in [0, 0.05) is 32.9 Å². The first-order valence-corrected chi connectivity index (χ1v) is 10.5. The lowest BCUT2D eigenvalue weighted by atomic mass is 9.93. The minimum absolute atomic E-state index is 0.0629. The third kappa shape index (κ3) is 3.23. The summed E-state index contributed by atoms with van der Waals surface area (Å²) >= 11 is 1.46. The number of rotatable bonds is 5. The van der Waals surface area contributed by atoms with E-state index in [1.165, 1.54) is 11.3 Å². The average Bonchev–Trinajstić information content (AvgIpc) is 3.08. The largest absolute Gasteiger partial charge is 0.381 e. The molecule has 0 spiro atoms. The Morgan fingerprint density at radius 2 is 2.07 bits per heavy atom. The molecule has 0 radical (unpaired) electrons. The van der Waals surface area contributed by atoms with E-state index in [0.29, 0.717) is 10.8 Å². The van der Waals surface area contributed by atoms with Gasteiger partial charge in [0.05, 0.1) is 29.0 Å². The van der Waals surface area contributed by atoms with Crippen LogP contribution in [0.4, 0.5) is 5.69 Å². The summed E-state index contributed by atoms with van der Waals surface area (Å²) in [5.74, 6) is 0. The fraction of sp³-hybridized carbons (Fsp3) is 0.550. The zero-order valence-corrected chi connectivity index (χ0v) is 17.0. The molecular formula is C20H26N4O2S. The van der Waals surface area contributed by atoms with Gasteiger partial charge in [0.15, 0.2) is 0 Å². The van der Waals surface area contributed by atoms with E-state index in [4.69, 9.17) is 9.72 Å². The molecule has 4 rings (SSSR count). The van der Waals surface area contributed by atoms with E-state index >= 15 is 0 Å². The minimum Gasteiger partial charge on any atom is -0.381 e. The molecule has 1 aliphatic carbocycles. The van der Waals surface area contributed by atoms with Crippen LogP contribution in [0.25, 0.3) is 20.4 Å². The first-order chi connectivity index (χ1) is 13.1. The van der Waals surface area contributed by atoms with Crippen molar-refractivity contribution in [1.29, 1.82) is 0 Å². The summed E-state index contributed by atoms with van der Waals surface area (Å²) in [4.78, 5) is 25.6. The molecule has 0 aliphatic heterocycles. The van der Waals surface area contributed by atoms with Crippen LogP contribution in [0.2, 0.25) is 0 Å². The Morgan fingerprint density at radius 3 is 2.78 bits per heavy atom. The van der Waals surface area contributed by atoms with Gasteiger partial charge in [-0.15, -0.1) is 11.3 Å². The molecule has 0 bridgehead atoms. The lowest BCUT2D eigenvalue weighted by molar-refractivity contribution is 0.0579. The van der Waals surface area contributed by atoms with E-state index in [1.807, 2.05) is 16.8 Å². The van der Waals surface area contributed by atoms with E-state index in [1.54, 1.807) is 13.4 Å². The predicted molar refractivity (Wildman–Crippen MR) is 111 cm³/mol. The van der Waals surface area contributed by atoms with E-state index in [0.717, 1.165) is 60.1 Å². The highest BCUT2D eigenvalue weighted by Crippen LogP contribution is 2.36. The van der Waals surface area contributed by atoms with Crippen molar-refractivity contribution in [3.05, 3.63) is 28.9 Å². The highest BCUT2D eigenvalue weighted by Gasteiger charge is 2.25. The van der Waals surface area contributed by atoms with Gasteiger partial charge in [-0.25, -0.2) is 9.97 Å². The molecule has 0 saturated heterocycles. The lowest BCUT2D eigenvalue weighted by Gasteiger charge is -2.28. The molecule has 0 atom stereocenters. The summed E-state index contributed by atoms with van der Waals surface area (Å²) in [5, 5.41) is 1.00. The van der Waals surface area contributed by atoms with Gasteiger partial charge in [0.1, 0.15) is 9.53 Å². The number of ether oxygens (including phenoxy) is 1. The van der Waals surface area contributed by atoms with Crippen molar-refractivity contribution in [2.24, 2.45) is 0 Å². The van der Waals surface area contributed by atoms with Gasteiger partial charge in [0.25, 0.3) is 5.56 Å². The van der Waals surface area contributed by atoms with Gasteiger partial charge in [-0.2, -0.15) is 0 Å². The first kappa shape index (κ1) is 18.4. The van der Waals surface area contributed by atoms with Crippen LogP contribution >= 0.6 is 11.3 Å². The van der Waals surface area contributed by atoms with Crippen molar-refractivity contribution < 1.29 is 4.74 Å². The number of methoxy groups -OCH3 is 1. The van der Waals surface area contributed by atoms with Crippen molar-refractivity contribution >= 4 is 37.5 Å².